The Balaban J connectivity index is 1.37. The quantitative estimate of drug-likeness (QED) is 0.268. The van der Waals surface area contributed by atoms with Crippen molar-refractivity contribution in [2.75, 3.05) is 6.61 Å². The van der Waals surface area contributed by atoms with Crippen LogP contribution in [0.4, 0.5) is 0 Å². The highest BCUT2D eigenvalue weighted by atomic mass is 16.7. The Labute approximate surface area is 302 Å². The summed E-state index contributed by atoms with van der Waals surface area (Å²) in [4.78, 5) is 27.5. The molecule has 9 nitrogen and oxygen atoms in total. The topological polar surface area (TPSA) is 121 Å². The van der Waals surface area contributed by atoms with Crippen LogP contribution < -0.4 is 0 Å². The van der Waals surface area contributed by atoms with Gasteiger partial charge in [0.15, 0.2) is 5.79 Å². The lowest BCUT2D eigenvalue weighted by atomic mass is 9.71. The smallest absolute Gasteiger partial charge is 0.316 e. The van der Waals surface area contributed by atoms with Crippen LogP contribution >= 0.6 is 0 Å². The number of carbonyl (C=O) groups excluding carboxylic acids is 2. The van der Waals surface area contributed by atoms with Gasteiger partial charge in [0.25, 0.3) is 0 Å². The number of hydrogen-bond acceptors (Lipinski definition) is 9. The Morgan fingerprint density at radius 3 is 2.61 bits per heavy atom. The van der Waals surface area contributed by atoms with Crippen molar-refractivity contribution in [3.8, 4) is 0 Å². The largest absolute Gasteiger partial charge is 0.462 e. The summed E-state index contributed by atoms with van der Waals surface area (Å²) in [6.45, 7) is 12.4. The maximum absolute atomic E-state index is 14.2. The number of allylic oxidation sites excluding steroid dienone is 2. The Kier molecular flexibility index (Phi) is 11.4. The predicted octanol–water partition coefficient (Wildman–Crippen LogP) is 6.32. The highest BCUT2D eigenvalue weighted by molar-refractivity contribution is 5.78. The Morgan fingerprint density at radius 1 is 1.10 bits per heavy atom. The van der Waals surface area contributed by atoms with Gasteiger partial charge in [0.2, 0.25) is 0 Å². The van der Waals surface area contributed by atoms with E-state index in [0.29, 0.717) is 48.7 Å². The van der Waals surface area contributed by atoms with Gasteiger partial charge < -0.3 is 33.9 Å². The van der Waals surface area contributed by atoms with Crippen molar-refractivity contribution in [3.05, 3.63) is 83.0 Å². The number of aliphatic hydroxyl groups excluding tert-OH is 1. The molecule has 278 valence electrons. The van der Waals surface area contributed by atoms with E-state index in [-0.39, 0.29) is 37.1 Å². The molecule has 5 aliphatic rings. The molecule has 1 aliphatic carbocycles. The average molecular weight is 705 g/mol. The Bertz CT molecular complexity index is 1540. The second kappa shape index (κ2) is 15.5. The fourth-order valence-corrected chi connectivity index (χ4v) is 8.69. The number of hydrogen-bond donors (Lipinski definition) is 2. The van der Waals surface area contributed by atoms with Gasteiger partial charge in [-0.25, -0.2) is 0 Å². The van der Waals surface area contributed by atoms with E-state index in [1.165, 1.54) is 0 Å². The molecular formula is C42H56O9. The van der Waals surface area contributed by atoms with E-state index >= 15 is 0 Å². The summed E-state index contributed by atoms with van der Waals surface area (Å²) in [6, 6.07) is 9.54. The van der Waals surface area contributed by atoms with E-state index < -0.39 is 47.7 Å². The van der Waals surface area contributed by atoms with Crippen LogP contribution in [0, 0.1) is 23.7 Å². The average Bonchev–Trinajstić information content (AvgIpc) is 3.45. The Hall–Kier alpha value is -3.08. The molecule has 1 aromatic carbocycles. The number of fused-ring (bicyclic) bond motifs is 2. The second-order valence-electron chi connectivity index (χ2n) is 15.7. The normalized spacial score (nSPS) is 41.9. The first-order chi connectivity index (χ1) is 24.3. The van der Waals surface area contributed by atoms with Crippen LogP contribution in [-0.4, -0.2) is 76.8 Å². The minimum absolute atomic E-state index is 0.00486. The Morgan fingerprint density at radius 2 is 1.86 bits per heavy atom. The van der Waals surface area contributed by atoms with Crippen molar-refractivity contribution in [1.29, 1.82) is 0 Å². The molecule has 6 rings (SSSR count). The van der Waals surface area contributed by atoms with Crippen LogP contribution in [0.3, 0.4) is 0 Å². The predicted molar refractivity (Wildman–Crippen MR) is 192 cm³/mol. The first kappa shape index (κ1) is 37.7. The summed E-state index contributed by atoms with van der Waals surface area (Å²) in [6.07, 6.45) is 9.74. The van der Waals surface area contributed by atoms with Crippen LogP contribution in [0.25, 0.3) is 0 Å². The fourth-order valence-electron chi connectivity index (χ4n) is 8.69. The second-order valence-corrected chi connectivity index (χ2v) is 15.7. The lowest BCUT2D eigenvalue weighted by Crippen LogP contribution is -2.58. The van der Waals surface area contributed by atoms with Gasteiger partial charge in [-0.3, -0.25) is 9.59 Å². The summed E-state index contributed by atoms with van der Waals surface area (Å²) in [5.41, 5.74) is 0.981. The number of aliphatic hydroxyl groups is 2. The van der Waals surface area contributed by atoms with Crippen molar-refractivity contribution < 1.29 is 43.5 Å². The molecule has 0 amide bonds. The molecule has 1 aromatic rings. The van der Waals surface area contributed by atoms with Crippen molar-refractivity contribution in [2.45, 2.75) is 135 Å². The molecule has 3 saturated heterocycles. The number of carbonyl (C=O) groups is 2. The zero-order valence-electron chi connectivity index (χ0n) is 31.0. The van der Waals surface area contributed by atoms with Gasteiger partial charge in [0.1, 0.15) is 35.9 Å². The highest BCUT2D eigenvalue weighted by Crippen LogP contribution is 2.48. The van der Waals surface area contributed by atoms with Crippen molar-refractivity contribution >= 4 is 11.9 Å². The van der Waals surface area contributed by atoms with Gasteiger partial charge in [-0.15, -0.1) is 0 Å². The zero-order valence-corrected chi connectivity index (χ0v) is 31.0. The monoisotopic (exact) mass is 704 g/mol. The van der Waals surface area contributed by atoms with Crippen molar-refractivity contribution in [2.24, 2.45) is 23.7 Å². The molecule has 9 heteroatoms. The van der Waals surface area contributed by atoms with Gasteiger partial charge in [0, 0.05) is 25.2 Å². The molecule has 0 radical (unpaired) electrons. The van der Waals surface area contributed by atoms with Crippen LogP contribution in [0.5, 0.6) is 0 Å². The van der Waals surface area contributed by atoms with E-state index in [0.717, 1.165) is 24.0 Å². The first-order valence-corrected chi connectivity index (χ1v) is 18.9. The number of benzene rings is 1. The fraction of sp³-hybridized carbons (Fsp3) is 0.619. The third-order valence-electron chi connectivity index (χ3n) is 11.9. The third kappa shape index (κ3) is 7.84. The maximum Gasteiger partial charge on any atom is 0.316 e. The molecule has 51 heavy (non-hydrogen) atoms. The molecule has 0 saturated carbocycles. The van der Waals surface area contributed by atoms with Gasteiger partial charge in [-0.1, -0.05) is 94.8 Å². The highest BCUT2D eigenvalue weighted by Gasteiger charge is 2.60. The summed E-state index contributed by atoms with van der Waals surface area (Å²) in [7, 11) is 0. The van der Waals surface area contributed by atoms with Gasteiger partial charge >= 0.3 is 11.9 Å². The van der Waals surface area contributed by atoms with E-state index in [9.17, 15) is 19.8 Å². The molecule has 3 fully saturated rings. The molecule has 4 aliphatic heterocycles. The lowest BCUT2D eigenvalue weighted by Gasteiger charge is -2.51. The zero-order chi connectivity index (χ0) is 36.5. The van der Waals surface area contributed by atoms with Gasteiger partial charge in [0.05, 0.1) is 25.2 Å². The van der Waals surface area contributed by atoms with Gasteiger partial charge in [-0.2, -0.15) is 0 Å². The molecule has 2 bridgehead atoms. The van der Waals surface area contributed by atoms with Gasteiger partial charge in [-0.05, 0) is 60.8 Å². The van der Waals surface area contributed by atoms with E-state index in [4.69, 9.17) is 23.7 Å². The van der Waals surface area contributed by atoms with Crippen molar-refractivity contribution in [3.63, 3.8) is 0 Å². The van der Waals surface area contributed by atoms with Crippen LogP contribution in [0.2, 0.25) is 0 Å². The molecule has 12 atom stereocenters. The summed E-state index contributed by atoms with van der Waals surface area (Å²) in [5.74, 6) is -2.42. The number of rotatable bonds is 5. The molecule has 1 spiro atoms. The van der Waals surface area contributed by atoms with Crippen LogP contribution in [-0.2, 0) is 39.7 Å². The molecule has 2 N–H and O–H groups in total. The lowest BCUT2D eigenvalue weighted by molar-refractivity contribution is -0.340. The van der Waals surface area contributed by atoms with E-state index in [1.54, 1.807) is 25.2 Å². The molecule has 1 unspecified atom stereocenters. The van der Waals surface area contributed by atoms with E-state index in [1.807, 2.05) is 50.3 Å². The van der Waals surface area contributed by atoms with Crippen LogP contribution in [0.1, 0.15) is 85.6 Å². The van der Waals surface area contributed by atoms with Crippen LogP contribution in [0.15, 0.2) is 77.4 Å². The summed E-state index contributed by atoms with van der Waals surface area (Å²) < 4.78 is 32.3. The summed E-state index contributed by atoms with van der Waals surface area (Å²) in [5, 5.41) is 23.4. The standard InChI is InChI=1S/C42H56O9/c1-7-25(2)38-28(5)18-19-41(51-38)23-33-22-32(50-41)17-16-27(4)37(49-35(43)21-30-13-9-8-10-14-30)26(3)12-11-15-31-24-47-39-36(44)29(6)20-34(40(45)48-33)42(31,39)46/h8-16,20,25-26,28,32-34,36-39,44,46H,7,17-19,21-24H2,1-6H3/b12-11+,27-16+,31-15+/t25?,26-,28-,32+,33-,34-,36+,37-,38+,39+,41+,42+/m0/s1. The third-order valence-corrected chi connectivity index (χ3v) is 11.9. The number of esters is 2. The number of ether oxygens (including phenoxy) is 5. The SMILES string of the molecule is CCC(C)[C@H]1O[C@]2(CC[C@@H]1C)C[C@@H]1C[C@@H](C/C=C(\C)[C@@H](OC(=O)Cc3ccccc3)[C@@H](C)/C=C/C=C3\CO[C@@H]4[C@H](O)C(C)=C[C@@H](C(=O)O1)[C@]34O)O2. The minimum atomic E-state index is -1.81. The summed E-state index contributed by atoms with van der Waals surface area (Å²) >= 11 is 0. The molecular weight excluding hydrogens is 648 g/mol. The molecule has 0 aromatic heterocycles. The first-order valence-electron chi connectivity index (χ1n) is 18.9. The van der Waals surface area contributed by atoms with E-state index in [2.05, 4.69) is 26.8 Å². The maximum atomic E-state index is 14.2. The minimum Gasteiger partial charge on any atom is -0.462 e. The molecule has 4 heterocycles. The van der Waals surface area contributed by atoms with Crippen molar-refractivity contribution in [1.82, 2.24) is 0 Å².